The highest BCUT2D eigenvalue weighted by atomic mass is 16.5. The van der Waals surface area contributed by atoms with E-state index in [2.05, 4.69) is 23.7 Å². The van der Waals surface area contributed by atoms with Crippen LogP contribution >= 0.6 is 0 Å². The molecule has 2 aromatic rings. The van der Waals surface area contributed by atoms with Crippen LogP contribution in [0.2, 0.25) is 0 Å². The standard InChI is InChI=1S/C23H27N3O3/c1-14(2)13-26-16(4)9-19(17(26)5)10-20(12-24)22(27)25-21-11-18(23(28)29-6)8-7-15(21)3/h7-11,14H,13H2,1-6H3,(H,25,27)/b20-10+. The van der Waals surface area contributed by atoms with Crippen LogP contribution in [0, 0.1) is 38.0 Å². The van der Waals surface area contributed by atoms with Gasteiger partial charge in [0.1, 0.15) is 11.6 Å². The number of methoxy groups -OCH3 is 1. The highest BCUT2D eigenvalue weighted by Crippen LogP contribution is 2.22. The summed E-state index contributed by atoms with van der Waals surface area (Å²) in [7, 11) is 1.30. The number of anilines is 1. The van der Waals surface area contributed by atoms with Gasteiger partial charge in [-0.05, 0) is 62.1 Å². The van der Waals surface area contributed by atoms with Gasteiger partial charge < -0.3 is 14.6 Å². The van der Waals surface area contributed by atoms with Crippen LogP contribution in [-0.2, 0) is 16.1 Å². The van der Waals surface area contributed by atoms with Crippen LogP contribution in [0.25, 0.3) is 6.08 Å². The molecule has 0 aliphatic carbocycles. The Kier molecular flexibility index (Phi) is 7.00. The minimum atomic E-state index is -0.522. The van der Waals surface area contributed by atoms with Crippen molar-refractivity contribution in [3.8, 4) is 6.07 Å². The fraction of sp³-hybridized carbons (Fsp3) is 0.348. The minimum absolute atomic E-state index is 0.00216. The number of amides is 1. The number of benzene rings is 1. The first kappa shape index (κ1) is 22.0. The smallest absolute Gasteiger partial charge is 0.337 e. The van der Waals surface area contributed by atoms with E-state index < -0.39 is 11.9 Å². The Morgan fingerprint density at radius 3 is 2.52 bits per heavy atom. The lowest BCUT2D eigenvalue weighted by atomic mass is 10.1. The Balaban J connectivity index is 2.33. The number of rotatable bonds is 6. The Labute approximate surface area is 171 Å². The van der Waals surface area contributed by atoms with Crippen LogP contribution < -0.4 is 5.32 Å². The molecule has 1 aromatic carbocycles. The maximum absolute atomic E-state index is 12.7. The number of carbonyl (C=O) groups excluding carboxylic acids is 2. The third-order valence-electron chi connectivity index (χ3n) is 4.73. The molecule has 0 spiro atoms. The van der Waals surface area contributed by atoms with E-state index in [0.717, 1.165) is 29.1 Å². The van der Waals surface area contributed by atoms with Gasteiger partial charge in [-0.15, -0.1) is 0 Å². The molecule has 0 saturated carbocycles. The first-order valence-electron chi connectivity index (χ1n) is 9.46. The summed E-state index contributed by atoms with van der Waals surface area (Å²) in [6, 6.07) is 8.85. The molecule has 1 amide bonds. The average molecular weight is 393 g/mol. The van der Waals surface area contributed by atoms with Gasteiger partial charge in [-0.1, -0.05) is 19.9 Å². The molecule has 1 aromatic heterocycles. The Morgan fingerprint density at radius 1 is 1.24 bits per heavy atom. The van der Waals surface area contributed by atoms with Crippen molar-refractivity contribution in [1.29, 1.82) is 5.26 Å². The molecular formula is C23H27N3O3. The molecule has 0 fully saturated rings. The highest BCUT2D eigenvalue weighted by Gasteiger charge is 2.15. The summed E-state index contributed by atoms with van der Waals surface area (Å²) in [6.45, 7) is 11.0. The molecular weight excluding hydrogens is 366 g/mol. The predicted octanol–water partition coefficient (Wildman–Crippen LogP) is 4.40. The average Bonchev–Trinajstić information content (AvgIpc) is 2.93. The molecule has 1 N–H and O–H groups in total. The number of aromatic nitrogens is 1. The summed E-state index contributed by atoms with van der Waals surface area (Å²) in [5.41, 5.74) is 4.51. The summed E-state index contributed by atoms with van der Waals surface area (Å²) >= 11 is 0. The van der Waals surface area contributed by atoms with Crippen molar-refractivity contribution < 1.29 is 14.3 Å². The van der Waals surface area contributed by atoms with Crippen molar-refractivity contribution in [2.75, 3.05) is 12.4 Å². The molecule has 152 valence electrons. The highest BCUT2D eigenvalue weighted by molar-refractivity contribution is 6.10. The van der Waals surface area contributed by atoms with Gasteiger partial charge in [0.2, 0.25) is 0 Å². The molecule has 0 atom stereocenters. The molecule has 29 heavy (non-hydrogen) atoms. The lowest BCUT2D eigenvalue weighted by Crippen LogP contribution is -2.15. The molecule has 0 aliphatic rings. The van der Waals surface area contributed by atoms with Crippen LogP contribution in [0.3, 0.4) is 0 Å². The molecule has 0 saturated heterocycles. The van der Waals surface area contributed by atoms with E-state index in [9.17, 15) is 14.9 Å². The molecule has 0 aliphatic heterocycles. The third kappa shape index (κ3) is 5.14. The van der Waals surface area contributed by atoms with Gasteiger partial charge in [0.05, 0.1) is 12.7 Å². The molecule has 6 nitrogen and oxygen atoms in total. The van der Waals surface area contributed by atoms with Crippen molar-refractivity contribution >= 4 is 23.6 Å². The Bertz CT molecular complexity index is 1010. The van der Waals surface area contributed by atoms with Gasteiger partial charge in [0.25, 0.3) is 5.91 Å². The number of hydrogen-bond donors (Lipinski definition) is 1. The summed E-state index contributed by atoms with van der Waals surface area (Å²) in [5, 5.41) is 12.3. The number of ether oxygens (including phenoxy) is 1. The number of aryl methyl sites for hydroxylation is 2. The number of esters is 1. The zero-order valence-electron chi connectivity index (χ0n) is 17.8. The monoisotopic (exact) mass is 393 g/mol. The van der Waals surface area contributed by atoms with E-state index in [1.165, 1.54) is 7.11 Å². The first-order chi connectivity index (χ1) is 13.7. The number of nitriles is 1. The largest absolute Gasteiger partial charge is 0.465 e. The van der Waals surface area contributed by atoms with E-state index in [0.29, 0.717) is 17.2 Å². The maximum Gasteiger partial charge on any atom is 0.337 e. The van der Waals surface area contributed by atoms with Gasteiger partial charge in [0, 0.05) is 23.6 Å². The lowest BCUT2D eigenvalue weighted by Gasteiger charge is -2.12. The zero-order chi connectivity index (χ0) is 21.7. The van der Waals surface area contributed by atoms with E-state index in [-0.39, 0.29) is 5.57 Å². The predicted molar refractivity (Wildman–Crippen MR) is 113 cm³/mol. The van der Waals surface area contributed by atoms with Gasteiger partial charge in [-0.25, -0.2) is 4.79 Å². The zero-order valence-corrected chi connectivity index (χ0v) is 17.8. The second kappa shape index (κ2) is 9.24. The van der Waals surface area contributed by atoms with Crippen molar-refractivity contribution in [2.24, 2.45) is 5.92 Å². The second-order valence-electron chi connectivity index (χ2n) is 7.48. The van der Waals surface area contributed by atoms with Gasteiger partial charge >= 0.3 is 5.97 Å². The molecule has 0 bridgehead atoms. The van der Waals surface area contributed by atoms with Crippen molar-refractivity contribution in [1.82, 2.24) is 4.57 Å². The van der Waals surface area contributed by atoms with E-state index in [1.807, 2.05) is 32.9 Å². The van der Waals surface area contributed by atoms with E-state index >= 15 is 0 Å². The second-order valence-corrected chi connectivity index (χ2v) is 7.48. The van der Waals surface area contributed by atoms with Crippen LogP contribution in [0.15, 0.2) is 29.8 Å². The summed E-state index contributed by atoms with van der Waals surface area (Å²) in [6.07, 6.45) is 1.61. The van der Waals surface area contributed by atoms with Gasteiger partial charge in [-0.3, -0.25) is 4.79 Å². The molecule has 0 unspecified atom stereocenters. The maximum atomic E-state index is 12.7. The first-order valence-corrected chi connectivity index (χ1v) is 9.46. The van der Waals surface area contributed by atoms with Crippen LogP contribution in [-0.4, -0.2) is 23.6 Å². The van der Waals surface area contributed by atoms with E-state index in [4.69, 9.17) is 4.74 Å². The SMILES string of the molecule is COC(=O)c1ccc(C)c(NC(=O)/C(C#N)=C/c2cc(C)n(CC(C)C)c2C)c1. The van der Waals surface area contributed by atoms with Crippen LogP contribution in [0.4, 0.5) is 5.69 Å². The van der Waals surface area contributed by atoms with Crippen molar-refractivity contribution in [3.63, 3.8) is 0 Å². The number of nitrogens with zero attached hydrogens (tertiary/aromatic N) is 2. The number of hydrogen-bond acceptors (Lipinski definition) is 4. The fourth-order valence-corrected chi connectivity index (χ4v) is 3.12. The summed E-state index contributed by atoms with van der Waals surface area (Å²) in [4.78, 5) is 24.4. The van der Waals surface area contributed by atoms with E-state index in [1.54, 1.807) is 24.3 Å². The van der Waals surface area contributed by atoms with Gasteiger partial charge in [-0.2, -0.15) is 5.26 Å². The molecule has 1 heterocycles. The topological polar surface area (TPSA) is 84.1 Å². The Hall–Kier alpha value is -3.33. The Morgan fingerprint density at radius 2 is 1.93 bits per heavy atom. The fourth-order valence-electron chi connectivity index (χ4n) is 3.12. The molecule has 0 radical (unpaired) electrons. The normalized spacial score (nSPS) is 11.3. The summed E-state index contributed by atoms with van der Waals surface area (Å²) < 4.78 is 6.91. The van der Waals surface area contributed by atoms with Crippen molar-refractivity contribution in [2.45, 2.75) is 41.2 Å². The van der Waals surface area contributed by atoms with Crippen molar-refractivity contribution in [3.05, 3.63) is 57.9 Å². The van der Waals surface area contributed by atoms with Crippen LogP contribution in [0.1, 0.15) is 46.7 Å². The minimum Gasteiger partial charge on any atom is -0.465 e. The van der Waals surface area contributed by atoms with Crippen LogP contribution in [0.5, 0.6) is 0 Å². The number of carbonyl (C=O) groups is 2. The number of nitrogens with one attached hydrogen (secondary N) is 1. The third-order valence-corrected chi connectivity index (χ3v) is 4.73. The quantitative estimate of drug-likeness (QED) is 0.448. The summed E-state index contributed by atoms with van der Waals surface area (Å²) in [5.74, 6) is -0.527. The lowest BCUT2D eigenvalue weighted by molar-refractivity contribution is -0.112. The molecule has 2 rings (SSSR count). The molecule has 6 heteroatoms. The van der Waals surface area contributed by atoms with Gasteiger partial charge in [0.15, 0.2) is 0 Å².